The molecule has 1 aromatic carbocycles. The molecule has 1 aromatic rings. The summed E-state index contributed by atoms with van der Waals surface area (Å²) in [5.41, 5.74) is 3.38. The topological polar surface area (TPSA) is 61.8 Å². The van der Waals surface area contributed by atoms with E-state index in [1.165, 1.54) is 0 Å². The van der Waals surface area contributed by atoms with Crippen LogP contribution in [0.4, 0.5) is 0 Å². The molecule has 1 atom stereocenters. The number of nitrogens with one attached hydrogen (secondary N) is 1. The van der Waals surface area contributed by atoms with E-state index in [1.54, 1.807) is 18.4 Å². The number of allylic oxidation sites excluding steroid dienone is 5. The van der Waals surface area contributed by atoms with Crippen LogP contribution in [-0.4, -0.2) is 47.7 Å². The Morgan fingerprint density at radius 2 is 1.90 bits per heavy atom. The third-order valence-corrected chi connectivity index (χ3v) is 6.08. The summed E-state index contributed by atoms with van der Waals surface area (Å²) >= 11 is 0. The Hall–Kier alpha value is -2.79. The standard InChI is InChI=1S/C26H34N2O3/c1-4-20-17-23(21-10-12-22(13-11-21)25(30)28(5-2)6-3)18-26(14-15-27-19-26)31-16-8-7-9-24(20)29/h7-13,16,18,27,29H,4-6,14-15,17,19H2,1-3H3/b9-7-,16-8+,23-18+,24-20-. The Morgan fingerprint density at radius 1 is 1.16 bits per heavy atom. The van der Waals surface area contributed by atoms with Gasteiger partial charge in [-0.05, 0) is 80.3 Å². The molecule has 1 saturated heterocycles. The van der Waals surface area contributed by atoms with Crippen LogP contribution in [0.2, 0.25) is 0 Å². The van der Waals surface area contributed by atoms with Gasteiger partial charge in [-0.2, -0.15) is 0 Å². The number of aliphatic hydroxyl groups excluding tert-OH is 1. The first-order chi connectivity index (χ1) is 15.0. The zero-order chi connectivity index (χ0) is 22.3. The van der Waals surface area contributed by atoms with Gasteiger partial charge in [0.2, 0.25) is 0 Å². The summed E-state index contributed by atoms with van der Waals surface area (Å²) < 4.78 is 6.17. The molecule has 2 aliphatic heterocycles. The van der Waals surface area contributed by atoms with E-state index in [2.05, 4.69) is 18.3 Å². The molecule has 31 heavy (non-hydrogen) atoms. The van der Waals surface area contributed by atoms with E-state index < -0.39 is 5.60 Å². The van der Waals surface area contributed by atoms with E-state index in [-0.39, 0.29) is 5.91 Å². The molecular weight excluding hydrogens is 388 g/mol. The van der Waals surface area contributed by atoms with Crippen LogP contribution in [0.5, 0.6) is 0 Å². The summed E-state index contributed by atoms with van der Waals surface area (Å²) in [5.74, 6) is 0.349. The Balaban J connectivity index is 2.01. The largest absolute Gasteiger partial charge is 0.508 e. The van der Waals surface area contributed by atoms with Crippen LogP contribution in [0.25, 0.3) is 5.57 Å². The molecule has 0 saturated carbocycles. The van der Waals surface area contributed by atoms with Crippen molar-refractivity contribution in [3.05, 3.63) is 77.3 Å². The van der Waals surface area contributed by atoms with Crippen molar-refractivity contribution in [2.75, 3.05) is 26.2 Å². The summed E-state index contributed by atoms with van der Waals surface area (Å²) in [7, 11) is 0. The lowest BCUT2D eigenvalue weighted by atomic mass is 9.90. The lowest BCUT2D eigenvalue weighted by molar-refractivity contribution is 0.0772. The van der Waals surface area contributed by atoms with Crippen LogP contribution in [0.3, 0.4) is 0 Å². The van der Waals surface area contributed by atoms with Gasteiger partial charge in [-0.15, -0.1) is 0 Å². The van der Waals surface area contributed by atoms with Gasteiger partial charge in [0.25, 0.3) is 5.91 Å². The van der Waals surface area contributed by atoms with E-state index in [0.717, 1.165) is 42.6 Å². The van der Waals surface area contributed by atoms with E-state index >= 15 is 0 Å². The zero-order valence-corrected chi connectivity index (χ0v) is 18.9. The molecule has 0 aromatic heterocycles. The summed E-state index contributed by atoms with van der Waals surface area (Å²) in [5, 5.41) is 14.0. The van der Waals surface area contributed by atoms with Gasteiger partial charge in [0.05, 0.1) is 6.26 Å². The zero-order valence-electron chi connectivity index (χ0n) is 18.9. The molecule has 2 aliphatic rings. The van der Waals surface area contributed by atoms with Gasteiger partial charge in [-0.1, -0.05) is 25.1 Å². The molecule has 1 unspecified atom stereocenters. The van der Waals surface area contributed by atoms with Crippen molar-refractivity contribution in [3.8, 4) is 0 Å². The third-order valence-electron chi connectivity index (χ3n) is 6.08. The van der Waals surface area contributed by atoms with Crippen molar-refractivity contribution >= 4 is 11.5 Å². The number of nitrogens with zero attached hydrogens (tertiary/aromatic N) is 1. The fourth-order valence-corrected chi connectivity index (χ4v) is 4.13. The quantitative estimate of drug-likeness (QED) is 0.701. The Morgan fingerprint density at radius 3 is 2.52 bits per heavy atom. The van der Waals surface area contributed by atoms with Gasteiger partial charge >= 0.3 is 0 Å². The highest BCUT2D eigenvalue weighted by molar-refractivity contribution is 5.94. The van der Waals surface area contributed by atoms with Crippen LogP contribution >= 0.6 is 0 Å². The number of amides is 1. The van der Waals surface area contributed by atoms with Crippen molar-refractivity contribution in [2.24, 2.45) is 0 Å². The second-order valence-electron chi connectivity index (χ2n) is 8.04. The molecule has 5 heteroatoms. The SMILES string of the molecule is CC\C1=C(O)/C=C\C=C\OC2(/C=C(/c3ccc(C(=O)N(CC)CC)cc3)C1)CCNC2. The number of benzene rings is 1. The molecule has 2 heterocycles. The highest BCUT2D eigenvalue weighted by Crippen LogP contribution is 2.33. The average molecular weight is 423 g/mol. The molecule has 0 aliphatic carbocycles. The lowest BCUT2D eigenvalue weighted by Crippen LogP contribution is -2.31. The molecule has 1 spiro atoms. The number of hydrogen-bond donors (Lipinski definition) is 2. The van der Waals surface area contributed by atoms with Gasteiger partial charge in [0.1, 0.15) is 11.4 Å². The van der Waals surface area contributed by atoms with Crippen LogP contribution in [0.15, 0.2) is 66.2 Å². The maximum Gasteiger partial charge on any atom is 0.253 e. The first-order valence-corrected chi connectivity index (χ1v) is 11.3. The van der Waals surface area contributed by atoms with Crippen molar-refractivity contribution in [1.82, 2.24) is 10.2 Å². The van der Waals surface area contributed by atoms with Gasteiger partial charge in [0.15, 0.2) is 0 Å². The molecular formula is C26H34N2O3. The average Bonchev–Trinajstić information content (AvgIpc) is 3.24. The van der Waals surface area contributed by atoms with Crippen molar-refractivity contribution in [3.63, 3.8) is 0 Å². The van der Waals surface area contributed by atoms with Gasteiger partial charge < -0.3 is 20.1 Å². The van der Waals surface area contributed by atoms with Gasteiger partial charge in [-0.3, -0.25) is 4.79 Å². The third kappa shape index (κ3) is 5.47. The Bertz CT molecular complexity index is 884. The summed E-state index contributed by atoms with van der Waals surface area (Å²) in [6.07, 6.45) is 11.5. The van der Waals surface area contributed by atoms with E-state index in [4.69, 9.17) is 4.74 Å². The summed E-state index contributed by atoms with van der Waals surface area (Å²) in [6, 6.07) is 7.82. The summed E-state index contributed by atoms with van der Waals surface area (Å²) in [4.78, 5) is 14.5. The van der Waals surface area contributed by atoms with Crippen LogP contribution in [-0.2, 0) is 4.74 Å². The van der Waals surface area contributed by atoms with Crippen LogP contribution < -0.4 is 5.32 Å². The second kappa shape index (κ2) is 10.5. The fraction of sp³-hybridized carbons (Fsp3) is 0.423. The van der Waals surface area contributed by atoms with Gasteiger partial charge in [0, 0.05) is 31.6 Å². The monoisotopic (exact) mass is 422 g/mol. The molecule has 166 valence electrons. The molecule has 2 N–H and O–H groups in total. The van der Waals surface area contributed by atoms with Gasteiger partial charge in [-0.25, -0.2) is 0 Å². The van der Waals surface area contributed by atoms with E-state index in [1.807, 2.05) is 49.1 Å². The highest BCUT2D eigenvalue weighted by atomic mass is 16.5. The van der Waals surface area contributed by atoms with Crippen LogP contribution in [0, 0.1) is 0 Å². The van der Waals surface area contributed by atoms with Crippen molar-refractivity contribution in [1.29, 1.82) is 0 Å². The minimum absolute atomic E-state index is 0.0508. The number of carbonyl (C=O) groups excluding carboxylic acids is 1. The molecule has 1 fully saturated rings. The number of aliphatic hydroxyl groups is 1. The number of hydrogen-bond acceptors (Lipinski definition) is 4. The van der Waals surface area contributed by atoms with Crippen molar-refractivity contribution < 1.29 is 14.6 Å². The smallest absolute Gasteiger partial charge is 0.253 e. The maximum absolute atomic E-state index is 12.7. The lowest BCUT2D eigenvalue weighted by Gasteiger charge is -2.26. The highest BCUT2D eigenvalue weighted by Gasteiger charge is 2.33. The minimum atomic E-state index is -0.422. The number of ether oxygens (including phenoxy) is 1. The van der Waals surface area contributed by atoms with E-state index in [0.29, 0.717) is 30.8 Å². The van der Waals surface area contributed by atoms with Crippen LogP contribution in [0.1, 0.15) is 56.0 Å². The first kappa shape index (κ1) is 22.9. The second-order valence-corrected chi connectivity index (χ2v) is 8.04. The fourth-order valence-electron chi connectivity index (χ4n) is 4.13. The number of rotatable bonds is 5. The van der Waals surface area contributed by atoms with E-state index in [9.17, 15) is 9.90 Å². The normalized spacial score (nSPS) is 27.6. The molecule has 3 rings (SSSR count). The Kier molecular flexibility index (Phi) is 7.75. The molecule has 1 amide bonds. The predicted molar refractivity (Wildman–Crippen MR) is 126 cm³/mol. The first-order valence-electron chi connectivity index (χ1n) is 11.3. The molecule has 0 radical (unpaired) electrons. The minimum Gasteiger partial charge on any atom is -0.508 e. The molecule has 5 nitrogen and oxygen atoms in total. The summed E-state index contributed by atoms with van der Waals surface area (Å²) in [6.45, 7) is 9.06. The number of carbonyl (C=O) groups is 1. The Labute approximate surface area is 185 Å². The van der Waals surface area contributed by atoms with Crippen molar-refractivity contribution in [2.45, 2.75) is 45.6 Å². The maximum atomic E-state index is 12.7. The predicted octanol–water partition coefficient (Wildman–Crippen LogP) is 5.00. The molecule has 0 bridgehead atoms.